The monoisotopic (exact) mass is 464 g/mol. The van der Waals surface area contributed by atoms with Crippen LogP contribution >= 0.6 is 0 Å². The summed E-state index contributed by atoms with van der Waals surface area (Å²) in [5.74, 6) is -0.458. The maximum Gasteiger partial charge on any atom is 0.341 e. The number of rotatable bonds is 2. The molecule has 0 aliphatic heterocycles. The first kappa shape index (κ1) is 20.7. The highest BCUT2D eigenvalue weighted by molar-refractivity contribution is 6.05. The van der Waals surface area contributed by atoms with Gasteiger partial charge in [0.05, 0.1) is 27.8 Å². The van der Waals surface area contributed by atoms with E-state index in [0.717, 1.165) is 4.57 Å². The summed E-state index contributed by atoms with van der Waals surface area (Å²) in [7, 11) is 1.51. The summed E-state index contributed by atoms with van der Waals surface area (Å²) in [4.78, 5) is 45.8. The lowest BCUT2D eigenvalue weighted by molar-refractivity contribution is 0.629. The Hall–Kier alpha value is -4.85. The fraction of sp³-hybridized carbons (Fsp3) is 0.0370. The summed E-state index contributed by atoms with van der Waals surface area (Å²) in [6.07, 6.45) is 0. The van der Waals surface area contributed by atoms with Gasteiger partial charge in [0.1, 0.15) is 16.9 Å². The first-order valence-electron chi connectivity index (χ1n) is 10.9. The average Bonchev–Trinajstić information content (AvgIpc) is 2.87. The Bertz CT molecular complexity index is 1980. The Kier molecular flexibility index (Phi) is 4.50. The SMILES string of the molecule is Cn1c(=O)c2cc3cc(F)ccc3nc2c2c(=O)n(-c3ccccc3)c(=O)n(-c3ccccc3)c21. The molecule has 0 radical (unpaired) electrons. The van der Waals surface area contributed by atoms with Crippen molar-refractivity contribution in [1.29, 1.82) is 0 Å². The van der Waals surface area contributed by atoms with Crippen LogP contribution in [0.5, 0.6) is 0 Å². The van der Waals surface area contributed by atoms with E-state index in [1.165, 1.54) is 40.4 Å². The van der Waals surface area contributed by atoms with Crippen LogP contribution in [0, 0.1) is 5.82 Å². The zero-order valence-electron chi connectivity index (χ0n) is 18.5. The van der Waals surface area contributed by atoms with Crippen LogP contribution in [0.3, 0.4) is 0 Å². The van der Waals surface area contributed by atoms with Crippen LogP contribution in [0.15, 0.2) is 99.3 Å². The summed E-state index contributed by atoms with van der Waals surface area (Å²) < 4.78 is 17.6. The van der Waals surface area contributed by atoms with Crippen LogP contribution in [-0.2, 0) is 7.05 Å². The maximum absolute atomic E-state index is 13.9. The van der Waals surface area contributed by atoms with E-state index in [2.05, 4.69) is 4.98 Å². The Morgan fingerprint density at radius 1 is 0.743 bits per heavy atom. The van der Waals surface area contributed by atoms with Crippen molar-refractivity contribution in [2.75, 3.05) is 0 Å². The normalized spacial score (nSPS) is 11.5. The predicted octanol–water partition coefficient (Wildman–Crippen LogP) is 3.68. The van der Waals surface area contributed by atoms with Gasteiger partial charge in [-0.25, -0.2) is 23.3 Å². The van der Waals surface area contributed by atoms with Gasteiger partial charge < -0.3 is 0 Å². The van der Waals surface area contributed by atoms with E-state index in [9.17, 15) is 18.8 Å². The summed E-state index contributed by atoms with van der Waals surface area (Å²) in [5, 5.41) is 0.711. The molecule has 0 amide bonds. The summed E-state index contributed by atoms with van der Waals surface area (Å²) >= 11 is 0. The lowest BCUT2D eigenvalue weighted by Crippen LogP contribution is -2.40. The molecule has 0 bridgehead atoms. The van der Waals surface area contributed by atoms with Gasteiger partial charge in [0, 0.05) is 12.4 Å². The van der Waals surface area contributed by atoms with E-state index in [-0.39, 0.29) is 21.9 Å². The fourth-order valence-corrected chi connectivity index (χ4v) is 4.51. The Labute approximate surface area is 196 Å². The standard InChI is InChI=1S/C27H17FN4O3/c1-30-24-22(23-20(25(30)33)15-16-14-17(28)12-13-21(16)29-23)26(34)32(19-10-6-3-7-11-19)27(35)31(24)18-8-4-2-5-9-18/h2-15H,1H3. The van der Waals surface area contributed by atoms with Gasteiger partial charge in [-0.15, -0.1) is 0 Å². The molecule has 0 atom stereocenters. The second-order valence-corrected chi connectivity index (χ2v) is 8.21. The van der Waals surface area contributed by atoms with Crippen LogP contribution in [0.2, 0.25) is 0 Å². The van der Waals surface area contributed by atoms with E-state index in [4.69, 9.17) is 0 Å². The zero-order chi connectivity index (χ0) is 24.3. The van der Waals surface area contributed by atoms with Gasteiger partial charge in [-0.1, -0.05) is 36.4 Å². The third kappa shape index (κ3) is 3.03. The molecule has 170 valence electrons. The van der Waals surface area contributed by atoms with Crippen molar-refractivity contribution in [3.63, 3.8) is 0 Å². The highest BCUT2D eigenvalue weighted by Crippen LogP contribution is 2.24. The van der Waals surface area contributed by atoms with Gasteiger partial charge in [-0.3, -0.25) is 14.2 Å². The number of hydrogen-bond donors (Lipinski definition) is 0. The number of benzene rings is 3. The minimum atomic E-state index is -0.614. The molecule has 0 saturated carbocycles. The van der Waals surface area contributed by atoms with Gasteiger partial charge in [-0.2, -0.15) is 0 Å². The quantitative estimate of drug-likeness (QED) is 0.289. The number of nitrogens with zero attached hydrogens (tertiary/aromatic N) is 4. The van der Waals surface area contributed by atoms with Gasteiger partial charge in [0.15, 0.2) is 0 Å². The Balaban J connectivity index is 1.94. The van der Waals surface area contributed by atoms with Crippen LogP contribution in [0.25, 0.3) is 44.2 Å². The van der Waals surface area contributed by atoms with Gasteiger partial charge in [-0.05, 0) is 48.5 Å². The minimum Gasteiger partial charge on any atom is -0.296 e. The molecule has 0 aliphatic carbocycles. The van der Waals surface area contributed by atoms with Crippen molar-refractivity contribution in [2.45, 2.75) is 0 Å². The van der Waals surface area contributed by atoms with Crippen molar-refractivity contribution in [2.24, 2.45) is 7.05 Å². The molecule has 3 heterocycles. The van der Waals surface area contributed by atoms with E-state index >= 15 is 0 Å². The Morgan fingerprint density at radius 3 is 2.03 bits per heavy atom. The molecule has 7 nitrogen and oxygen atoms in total. The molecule has 0 saturated heterocycles. The fourth-order valence-electron chi connectivity index (χ4n) is 4.51. The molecule has 0 spiro atoms. The van der Waals surface area contributed by atoms with E-state index in [1.807, 2.05) is 6.07 Å². The molecule has 3 aromatic carbocycles. The number of aryl methyl sites for hydroxylation is 1. The van der Waals surface area contributed by atoms with Crippen LogP contribution in [-0.4, -0.2) is 18.7 Å². The molecule has 0 aliphatic rings. The third-order valence-corrected chi connectivity index (χ3v) is 6.13. The van der Waals surface area contributed by atoms with E-state index in [0.29, 0.717) is 22.3 Å². The van der Waals surface area contributed by atoms with Crippen molar-refractivity contribution < 1.29 is 4.39 Å². The van der Waals surface area contributed by atoms with Crippen molar-refractivity contribution in [1.82, 2.24) is 18.7 Å². The number of aromatic nitrogens is 4. The second kappa shape index (κ2) is 7.59. The molecule has 6 aromatic rings. The molecule has 0 unspecified atom stereocenters. The summed E-state index contributed by atoms with van der Waals surface area (Å²) in [6, 6.07) is 23.0. The van der Waals surface area contributed by atoms with Crippen molar-refractivity contribution >= 4 is 32.8 Å². The number of hydrogen-bond acceptors (Lipinski definition) is 4. The number of pyridine rings is 2. The van der Waals surface area contributed by atoms with Crippen molar-refractivity contribution in [3.8, 4) is 11.4 Å². The van der Waals surface area contributed by atoms with Crippen LogP contribution in [0.4, 0.5) is 4.39 Å². The molecule has 6 rings (SSSR count). The lowest BCUT2D eigenvalue weighted by Gasteiger charge is -2.17. The summed E-state index contributed by atoms with van der Waals surface area (Å²) in [5.41, 5.74) is -0.0755. The topological polar surface area (TPSA) is 78.9 Å². The van der Waals surface area contributed by atoms with Gasteiger partial charge in [0.2, 0.25) is 0 Å². The number of halogens is 1. The molecule has 35 heavy (non-hydrogen) atoms. The first-order chi connectivity index (χ1) is 17.0. The lowest BCUT2D eigenvalue weighted by atomic mass is 10.1. The molecule has 3 aromatic heterocycles. The second-order valence-electron chi connectivity index (χ2n) is 8.21. The van der Waals surface area contributed by atoms with Crippen LogP contribution < -0.4 is 16.8 Å². The molecule has 0 N–H and O–H groups in total. The third-order valence-electron chi connectivity index (χ3n) is 6.13. The molecular formula is C27H17FN4O3. The van der Waals surface area contributed by atoms with E-state index in [1.54, 1.807) is 54.6 Å². The maximum atomic E-state index is 13.9. The molecular weight excluding hydrogens is 447 g/mol. The Morgan fingerprint density at radius 2 is 1.37 bits per heavy atom. The minimum absolute atomic E-state index is 0.112. The predicted molar refractivity (Wildman–Crippen MR) is 133 cm³/mol. The van der Waals surface area contributed by atoms with Gasteiger partial charge in [0.25, 0.3) is 11.1 Å². The van der Waals surface area contributed by atoms with Crippen LogP contribution in [0.1, 0.15) is 0 Å². The highest BCUT2D eigenvalue weighted by Gasteiger charge is 2.23. The smallest absolute Gasteiger partial charge is 0.296 e. The first-order valence-corrected chi connectivity index (χ1v) is 10.9. The summed E-state index contributed by atoms with van der Waals surface area (Å²) in [6.45, 7) is 0. The average molecular weight is 464 g/mol. The highest BCUT2D eigenvalue weighted by atomic mass is 19.1. The van der Waals surface area contributed by atoms with Crippen molar-refractivity contribution in [3.05, 3.63) is 122 Å². The van der Waals surface area contributed by atoms with Gasteiger partial charge >= 0.3 is 5.69 Å². The largest absolute Gasteiger partial charge is 0.341 e. The number of para-hydroxylation sites is 2. The zero-order valence-corrected chi connectivity index (χ0v) is 18.5. The van der Waals surface area contributed by atoms with E-state index < -0.39 is 22.6 Å². The molecule has 8 heteroatoms. The number of fused-ring (bicyclic) bond motifs is 4. The molecule has 0 fully saturated rings.